The highest BCUT2D eigenvalue weighted by Gasteiger charge is 2.20. The first-order chi connectivity index (χ1) is 11.1. The first kappa shape index (κ1) is 15.9. The SMILES string of the molecule is Cc1nn(C)c(C)c1-c1ccnc(NCC[C@@H]2CCCN2C)n1. The van der Waals surface area contributed by atoms with Crippen molar-refractivity contribution in [3.05, 3.63) is 23.7 Å². The Balaban J connectivity index is 1.68. The van der Waals surface area contributed by atoms with Gasteiger partial charge < -0.3 is 10.2 Å². The van der Waals surface area contributed by atoms with E-state index in [0.717, 1.165) is 35.6 Å². The zero-order chi connectivity index (χ0) is 16.4. The van der Waals surface area contributed by atoms with Crippen molar-refractivity contribution in [2.45, 2.75) is 39.2 Å². The van der Waals surface area contributed by atoms with Gasteiger partial charge in [0.25, 0.3) is 0 Å². The summed E-state index contributed by atoms with van der Waals surface area (Å²) in [5, 5.41) is 7.84. The van der Waals surface area contributed by atoms with Crippen molar-refractivity contribution < 1.29 is 0 Å². The van der Waals surface area contributed by atoms with Crippen LogP contribution in [0.25, 0.3) is 11.3 Å². The van der Waals surface area contributed by atoms with E-state index in [1.54, 1.807) is 0 Å². The summed E-state index contributed by atoms with van der Waals surface area (Å²) in [7, 11) is 4.17. The van der Waals surface area contributed by atoms with Crippen molar-refractivity contribution in [2.24, 2.45) is 7.05 Å². The average molecular weight is 314 g/mol. The van der Waals surface area contributed by atoms with E-state index in [9.17, 15) is 0 Å². The van der Waals surface area contributed by atoms with E-state index in [-0.39, 0.29) is 0 Å². The molecule has 2 aromatic heterocycles. The Bertz CT molecular complexity index is 678. The van der Waals surface area contributed by atoms with E-state index < -0.39 is 0 Å². The largest absolute Gasteiger partial charge is 0.354 e. The standard InChI is InChI=1S/C17H26N6/c1-12-16(13(2)23(4)21-12)15-8-10-19-17(20-15)18-9-7-14-6-5-11-22(14)3/h8,10,14H,5-7,9,11H2,1-4H3,(H,18,19,20)/t14-/m0/s1. The monoisotopic (exact) mass is 314 g/mol. The molecule has 0 aromatic carbocycles. The number of rotatable bonds is 5. The molecule has 0 unspecified atom stereocenters. The summed E-state index contributed by atoms with van der Waals surface area (Å²) in [4.78, 5) is 11.5. The van der Waals surface area contributed by atoms with E-state index in [2.05, 4.69) is 39.3 Å². The van der Waals surface area contributed by atoms with Crippen LogP contribution in [0.1, 0.15) is 30.7 Å². The number of likely N-dealkylation sites (tertiary alicyclic amines) is 1. The maximum atomic E-state index is 4.67. The van der Waals surface area contributed by atoms with Crippen molar-refractivity contribution in [2.75, 3.05) is 25.5 Å². The Morgan fingerprint density at radius 2 is 2.13 bits per heavy atom. The molecule has 0 amide bonds. The zero-order valence-corrected chi connectivity index (χ0v) is 14.5. The number of hydrogen-bond donors (Lipinski definition) is 1. The van der Waals surface area contributed by atoms with Gasteiger partial charge in [-0.05, 0) is 52.8 Å². The van der Waals surface area contributed by atoms with Crippen LogP contribution < -0.4 is 5.32 Å². The fraction of sp³-hybridized carbons (Fsp3) is 0.588. The molecule has 3 heterocycles. The Hall–Kier alpha value is -1.95. The van der Waals surface area contributed by atoms with Gasteiger partial charge in [0.15, 0.2) is 0 Å². The third kappa shape index (κ3) is 3.37. The first-order valence-electron chi connectivity index (χ1n) is 8.34. The van der Waals surface area contributed by atoms with Crippen LogP contribution in [0.2, 0.25) is 0 Å². The van der Waals surface area contributed by atoms with Gasteiger partial charge >= 0.3 is 0 Å². The van der Waals surface area contributed by atoms with Crippen LogP contribution in [0.3, 0.4) is 0 Å². The minimum absolute atomic E-state index is 0.688. The molecule has 3 rings (SSSR count). The molecule has 1 atom stereocenters. The highest BCUT2D eigenvalue weighted by atomic mass is 15.3. The first-order valence-corrected chi connectivity index (χ1v) is 8.34. The van der Waals surface area contributed by atoms with Crippen LogP contribution in [-0.4, -0.2) is 50.8 Å². The maximum Gasteiger partial charge on any atom is 0.223 e. The minimum Gasteiger partial charge on any atom is -0.354 e. The number of nitrogens with one attached hydrogen (secondary N) is 1. The number of anilines is 1. The Labute approximate surface area is 137 Å². The summed E-state index contributed by atoms with van der Waals surface area (Å²) in [6.07, 6.45) is 5.56. The molecular formula is C17H26N6. The molecule has 2 aromatic rings. The van der Waals surface area contributed by atoms with Crippen LogP contribution in [-0.2, 0) is 7.05 Å². The van der Waals surface area contributed by atoms with E-state index in [0.29, 0.717) is 12.0 Å². The number of aromatic nitrogens is 4. The van der Waals surface area contributed by atoms with Crippen molar-refractivity contribution in [3.63, 3.8) is 0 Å². The molecule has 1 fully saturated rings. The molecule has 6 heteroatoms. The summed E-state index contributed by atoms with van der Waals surface area (Å²) >= 11 is 0. The number of hydrogen-bond acceptors (Lipinski definition) is 5. The third-order valence-corrected chi connectivity index (χ3v) is 4.85. The smallest absolute Gasteiger partial charge is 0.223 e. The van der Waals surface area contributed by atoms with Crippen LogP contribution in [0.15, 0.2) is 12.3 Å². The number of nitrogens with zero attached hydrogens (tertiary/aromatic N) is 5. The number of aryl methyl sites for hydroxylation is 2. The molecule has 1 N–H and O–H groups in total. The molecule has 23 heavy (non-hydrogen) atoms. The lowest BCUT2D eigenvalue weighted by molar-refractivity contribution is 0.301. The van der Waals surface area contributed by atoms with Gasteiger partial charge in [0.2, 0.25) is 5.95 Å². The quantitative estimate of drug-likeness (QED) is 0.918. The second-order valence-electron chi connectivity index (χ2n) is 6.43. The Morgan fingerprint density at radius 1 is 1.30 bits per heavy atom. The fourth-order valence-electron chi connectivity index (χ4n) is 3.42. The van der Waals surface area contributed by atoms with Crippen molar-refractivity contribution in [3.8, 4) is 11.3 Å². The molecule has 0 saturated carbocycles. The van der Waals surface area contributed by atoms with Crippen molar-refractivity contribution >= 4 is 5.95 Å². The highest BCUT2D eigenvalue weighted by Crippen LogP contribution is 2.25. The van der Waals surface area contributed by atoms with Gasteiger partial charge in [-0.3, -0.25) is 4.68 Å². The second kappa shape index (κ2) is 6.66. The Morgan fingerprint density at radius 3 is 2.78 bits per heavy atom. The van der Waals surface area contributed by atoms with Crippen molar-refractivity contribution in [1.29, 1.82) is 0 Å². The normalized spacial score (nSPS) is 18.5. The molecule has 1 saturated heterocycles. The topological polar surface area (TPSA) is 58.9 Å². The molecule has 0 radical (unpaired) electrons. The third-order valence-electron chi connectivity index (χ3n) is 4.85. The predicted octanol–water partition coefficient (Wildman–Crippen LogP) is 2.39. The van der Waals surface area contributed by atoms with Gasteiger partial charge in [-0.1, -0.05) is 0 Å². The van der Waals surface area contributed by atoms with Gasteiger partial charge in [-0.15, -0.1) is 0 Å². The fourth-order valence-corrected chi connectivity index (χ4v) is 3.42. The van der Waals surface area contributed by atoms with E-state index in [4.69, 9.17) is 0 Å². The lowest BCUT2D eigenvalue weighted by Gasteiger charge is -2.19. The summed E-state index contributed by atoms with van der Waals surface area (Å²) < 4.78 is 1.90. The van der Waals surface area contributed by atoms with Crippen LogP contribution in [0, 0.1) is 13.8 Å². The summed E-state index contributed by atoms with van der Waals surface area (Å²) in [5.41, 5.74) is 4.17. The van der Waals surface area contributed by atoms with Gasteiger partial charge in [-0.2, -0.15) is 5.10 Å². The lowest BCUT2D eigenvalue weighted by atomic mass is 10.1. The van der Waals surface area contributed by atoms with Crippen molar-refractivity contribution in [1.82, 2.24) is 24.6 Å². The average Bonchev–Trinajstić information content (AvgIpc) is 3.03. The summed E-state index contributed by atoms with van der Waals surface area (Å²) in [6, 6.07) is 2.64. The van der Waals surface area contributed by atoms with Gasteiger partial charge in [0, 0.05) is 37.1 Å². The van der Waals surface area contributed by atoms with Crippen LogP contribution in [0.5, 0.6) is 0 Å². The Kier molecular flexibility index (Phi) is 4.61. The molecular weight excluding hydrogens is 288 g/mol. The highest BCUT2D eigenvalue weighted by molar-refractivity contribution is 5.65. The van der Waals surface area contributed by atoms with E-state index in [1.807, 2.05) is 30.9 Å². The lowest BCUT2D eigenvalue weighted by Crippen LogP contribution is -2.27. The molecule has 0 bridgehead atoms. The van der Waals surface area contributed by atoms with Gasteiger partial charge in [0.05, 0.1) is 11.4 Å². The molecule has 1 aliphatic rings. The zero-order valence-electron chi connectivity index (χ0n) is 14.5. The summed E-state index contributed by atoms with van der Waals surface area (Å²) in [6.45, 7) is 6.22. The molecule has 124 valence electrons. The second-order valence-corrected chi connectivity index (χ2v) is 6.43. The van der Waals surface area contributed by atoms with Gasteiger partial charge in [-0.25, -0.2) is 9.97 Å². The maximum absolute atomic E-state index is 4.67. The van der Waals surface area contributed by atoms with Crippen LogP contribution >= 0.6 is 0 Å². The van der Waals surface area contributed by atoms with Crippen LogP contribution in [0.4, 0.5) is 5.95 Å². The minimum atomic E-state index is 0.688. The molecule has 6 nitrogen and oxygen atoms in total. The predicted molar refractivity (Wildman–Crippen MR) is 92.5 cm³/mol. The molecule has 0 aliphatic carbocycles. The van der Waals surface area contributed by atoms with E-state index >= 15 is 0 Å². The summed E-state index contributed by atoms with van der Waals surface area (Å²) in [5.74, 6) is 0.700. The molecule has 0 spiro atoms. The van der Waals surface area contributed by atoms with Gasteiger partial charge in [0.1, 0.15) is 0 Å². The molecule has 1 aliphatic heterocycles. The van der Waals surface area contributed by atoms with E-state index in [1.165, 1.54) is 19.4 Å².